The van der Waals surface area contributed by atoms with Gasteiger partial charge in [0.1, 0.15) is 11.7 Å². The van der Waals surface area contributed by atoms with E-state index in [2.05, 4.69) is 0 Å². The van der Waals surface area contributed by atoms with Crippen LogP contribution >= 0.6 is 11.3 Å². The molecule has 3 aromatic rings. The molecule has 0 atom stereocenters. The highest BCUT2D eigenvalue weighted by Crippen LogP contribution is 2.27. The molecule has 0 bridgehead atoms. The summed E-state index contributed by atoms with van der Waals surface area (Å²) in [5.41, 5.74) is 3.01. The molecule has 3 rings (SSSR count). The fourth-order valence-electron chi connectivity index (χ4n) is 2.39. The Morgan fingerprint density at radius 3 is 2.35 bits per heavy atom. The van der Waals surface area contributed by atoms with Crippen LogP contribution in [0.5, 0.6) is 0 Å². The van der Waals surface area contributed by atoms with Crippen molar-refractivity contribution in [3.8, 4) is 0 Å². The zero-order valence-electron chi connectivity index (χ0n) is 13.3. The van der Waals surface area contributed by atoms with E-state index in [0.29, 0.717) is 5.01 Å². The molecule has 0 aliphatic carbocycles. The highest BCUT2D eigenvalue weighted by atomic mass is 127. The quantitative estimate of drug-likeness (QED) is 0.440. The topological polar surface area (TPSA) is 7.12 Å². The van der Waals surface area contributed by atoms with Gasteiger partial charge in [0.05, 0.1) is 0 Å². The van der Waals surface area contributed by atoms with Gasteiger partial charge in [-0.2, -0.15) is 8.96 Å². The van der Waals surface area contributed by atoms with Gasteiger partial charge in [0, 0.05) is 25.8 Å². The lowest BCUT2D eigenvalue weighted by molar-refractivity contribution is -0.643. The summed E-state index contributed by atoms with van der Waals surface area (Å²) in [7, 11) is 5.88. The number of fused-ring (bicyclic) bond motifs is 1. The largest absolute Gasteiger partial charge is 1.00 e. The smallest absolute Gasteiger partial charge is 0.298 e. The number of aromatic nitrogens is 1. The van der Waals surface area contributed by atoms with Gasteiger partial charge in [-0.3, -0.25) is 0 Å². The Morgan fingerprint density at radius 2 is 1.74 bits per heavy atom. The molecule has 0 aliphatic rings. The zero-order valence-corrected chi connectivity index (χ0v) is 16.2. The molecule has 0 N–H and O–H groups in total. The number of nitrogens with zero attached hydrogens (tertiary/aromatic N) is 2. The van der Waals surface area contributed by atoms with Gasteiger partial charge in [-0.15, -0.1) is 0 Å². The first kappa shape index (κ1) is 17.9. The van der Waals surface area contributed by atoms with Crippen molar-refractivity contribution in [2.24, 2.45) is 7.05 Å². The normalized spacial score (nSPS) is 11.4. The second-order valence-corrected chi connectivity index (χ2v) is 6.44. The minimum atomic E-state index is -0.207. The Bertz CT molecular complexity index is 838. The Labute approximate surface area is 156 Å². The van der Waals surface area contributed by atoms with E-state index in [-0.39, 0.29) is 29.8 Å². The second-order valence-electron chi connectivity index (χ2n) is 5.41. The summed E-state index contributed by atoms with van der Waals surface area (Å²) in [6.07, 6.45) is 1.59. The van der Waals surface area contributed by atoms with Crippen LogP contribution < -0.4 is 33.4 Å². The third-order valence-corrected chi connectivity index (χ3v) is 4.87. The molecule has 0 unspecified atom stereocenters. The SMILES string of the molecule is CN(C)c1ccc(/C=C(\F)c2sc3ccccc3[n+]2C)cc1.[I-]. The molecule has 120 valence electrons. The van der Waals surface area contributed by atoms with Gasteiger partial charge in [-0.25, -0.2) is 0 Å². The number of thiazole rings is 1. The molecule has 0 saturated carbocycles. The molecule has 23 heavy (non-hydrogen) atoms. The van der Waals surface area contributed by atoms with Gasteiger partial charge in [0.25, 0.3) is 5.01 Å². The first-order valence-electron chi connectivity index (χ1n) is 7.09. The van der Waals surface area contributed by atoms with E-state index in [1.807, 2.05) is 79.1 Å². The van der Waals surface area contributed by atoms with Crippen molar-refractivity contribution in [2.45, 2.75) is 0 Å². The van der Waals surface area contributed by atoms with Crippen LogP contribution in [0.4, 0.5) is 10.1 Å². The Balaban J connectivity index is 0.00000192. The van der Waals surface area contributed by atoms with Crippen LogP contribution in [0.3, 0.4) is 0 Å². The maximum atomic E-state index is 14.6. The molecular formula is C18H18FIN2S. The van der Waals surface area contributed by atoms with Gasteiger partial charge in [-0.05, 0) is 29.8 Å². The van der Waals surface area contributed by atoms with Crippen LogP contribution in [0.25, 0.3) is 22.1 Å². The molecule has 0 saturated heterocycles. The van der Waals surface area contributed by atoms with E-state index in [1.54, 1.807) is 6.08 Å². The van der Waals surface area contributed by atoms with Gasteiger partial charge in [0.15, 0.2) is 0 Å². The molecule has 2 nitrogen and oxygen atoms in total. The summed E-state index contributed by atoms with van der Waals surface area (Å²) in [5, 5.41) is 0.637. The Morgan fingerprint density at radius 1 is 1.09 bits per heavy atom. The second kappa shape index (κ2) is 7.40. The minimum Gasteiger partial charge on any atom is -1.00 e. The van der Waals surface area contributed by atoms with E-state index < -0.39 is 0 Å². The summed E-state index contributed by atoms with van der Waals surface area (Å²) in [6, 6.07) is 15.8. The van der Waals surface area contributed by atoms with Crippen LogP contribution in [-0.4, -0.2) is 14.1 Å². The first-order chi connectivity index (χ1) is 10.6. The average Bonchev–Trinajstić information content (AvgIpc) is 2.85. The van der Waals surface area contributed by atoms with Gasteiger partial charge in [-0.1, -0.05) is 35.6 Å². The number of halogens is 2. The van der Waals surface area contributed by atoms with Crippen molar-refractivity contribution >= 4 is 39.1 Å². The van der Waals surface area contributed by atoms with Crippen molar-refractivity contribution in [1.82, 2.24) is 0 Å². The molecule has 0 aliphatic heterocycles. The first-order valence-corrected chi connectivity index (χ1v) is 7.90. The fourth-order valence-corrected chi connectivity index (χ4v) is 3.44. The van der Waals surface area contributed by atoms with E-state index in [4.69, 9.17) is 0 Å². The maximum absolute atomic E-state index is 14.6. The third kappa shape index (κ3) is 3.72. The number of rotatable bonds is 3. The predicted molar refractivity (Wildman–Crippen MR) is 92.7 cm³/mol. The molecule has 0 spiro atoms. The number of para-hydroxylation sites is 1. The monoisotopic (exact) mass is 440 g/mol. The number of benzene rings is 2. The summed E-state index contributed by atoms with van der Waals surface area (Å²) in [5.74, 6) is -0.207. The molecule has 1 heterocycles. The number of aryl methyl sites for hydroxylation is 1. The molecular weight excluding hydrogens is 422 g/mol. The van der Waals surface area contributed by atoms with E-state index in [9.17, 15) is 4.39 Å². The van der Waals surface area contributed by atoms with E-state index in [0.717, 1.165) is 21.5 Å². The third-order valence-electron chi connectivity index (χ3n) is 3.65. The zero-order chi connectivity index (χ0) is 15.7. The van der Waals surface area contributed by atoms with Crippen LogP contribution in [0.15, 0.2) is 48.5 Å². The van der Waals surface area contributed by atoms with Crippen molar-refractivity contribution < 1.29 is 32.9 Å². The van der Waals surface area contributed by atoms with Crippen molar-refractivity contribution in [1.29, 1.82) is 0 Å². The number of anilines is 1. The highest BCUT2D eigenvalue weighted by Gasteiger charge is 2.20. The molecule has 0 amide bonds. The molecule has 5 heteroatoms. The minimum absolute atomic E-state index is 0. The molecule has 0 radical (unpaired) electrons. The fraction of sp³-hybridized carbons (Fsp3) is 0.167. The molecule has 1 aromatic heterocycles. The van der Waals surface area contributed by atoms with E-state index >= 15 is 0 Å². The molecule has 0 fully saturated rings. The van der Waals surface area contributed by atoms with E-state index in [1.165, 1.54) is 11.3 Å². The molecule has 2 aromatic carbocycles. The van der Waals surface area contributed by atoms with Gasteiger partial charge >= 0.3 is 0 Å². The summed E-state index contributed by atoms with van der Waals surface area (Å²) in [4.78, 5) is 2.02. The average molecular weight is 440 g/mol. The summed E-state index contributed by atoms with van der Waals surface area (Å²) in [6.45, 7) is 0. The van der Waals surface area contributed by atoms with Crippen LogP contribution in [0.1, 0.15) is 10.6 Å². The summed E-state index contributed by atoms with van der Waals surface area (Å²) >= 11 is 1.47. The van der Waals surface area contributed by atoms with Crippen LogP contribution in [0.2, 0.25) is 0 Å². The highest BCUT2D eigenvalue weighted by molar-refractivity contribution is 7.19. The summed E-state index contributed by atoms with van der Waals surface area (Å²) < 4.78 is 17.6. The lowest BCUT2D eigenvalue weighted by Crippen LogP contribution is -3.00. The maximum Gasteiger partial charge on any atom is 0.298 e. The van der Waals surface area contributed by atoms with Crippen LogP contribution in [0, 0.1) is 0 Å². The van der Waals surface area contributed by atoms with Crippen molar-refractivity contribution in [2.75, 3.05) is 19.0 Å². The van der Waals surface area contributed by atoms with Crippen LogP contribution in [-0.2, 0) is 7.05 Å². The Hall–Kier alpha value is -1.47. The van der Waals surface area contributed by atoms with Gasteiger partial charge in [0.2, 0.25) is 11.3 Å². The standard InChI is InChI=1S/C18H18FN2S.HI/c1-20(2)14-10-8-13(9-11-14)12-15(19)18-21(3)16-6-4-5-7-17(16)22-18;/h4-12H,1-3H3;1H/q+1;/p-1. The lowest BCUT2D eigenvalue weighted by Gasteiger charge is -2.11. The van der Waals surface area contributed by atoms with Crippen molar-refractivity contribution in [3.63, 3.8) is 0 Å². The van der Waals surface area contributed by atoms with Crippen molar-refractivity contribution in [3.05, 3.63) is 59.1 Å². The predicted octanol–water partition coefficient (Wildman–Crippen LogP) is 1.26. The number of hydrogen-bond acceptors (Lipinski definition) is 2. The Kier molecular flexibility index (Phi) is 5.75. The number of hydrogen-bond donors (Lipinski definition) is 0. The lowest BCUT2D eigenvalue weighted by atomic mass is 10.2. The van der Waals surface area contributed by atoms with Gasteiger partial charge < -0.3 is 28.9 Å².